The van der Waals surface area contributed by atoms with Crippen molar-refractivity contribution in [1.82, 2.24) is 4.98 Å². The van der Waals surface area contributed by atoms with Crippen LogP contribution >= 0.6 is 15.9 Å². The fourth-order valence-corrected chi connectivity index (χ4v) is 3.93. The van der Waals surface area contributed by atoms with Crippen molar-refractivity contribution in [3.05, 3.63) is 22.3 Å². The van der Waals surface area contributed by atoms with Crippen LogP contribution in [0.1, 0.15) is 24.8 Å². The van der Waals surface area contributed by atoms with Crippen LogP contribution in [0, 0.1) is 23.2 Å². The first-order valence-electron chi connectivity index (χ1n) is 7.11. The molecular weight excluding hydrogens is 318 g/mol. The quantitative estimate of drug-likeness (QED) is 0.902. The summed E-state index contributed by atoms with van der Waals surface area (Å²) in [6, 6.07) is 4.21. The van der Waals surface area contributed by atoms with E-state index >= 15 is 0 Å². The van der Waals surface area contributed by atoms with Gasteiger partial charge in [-0.2, -0.15) is 5.26 Å². The maximum absolute atomic E-state index is 9.80. The monoisotopic (exact) mass is 335 g/mol. The second-order valence-electron chi connectivity index (χ2n) is 5.86. The first kappa shape index (κ1) is 13.8. The van der Waals surface area contributed by atoms with Crippen molar-refractivity contribution in [2.24, 2.45) is 11.8 Å². The van der Waals surface area contributed by atoms with Crippen molar-refractivity contribution in [1.29, 1.82) is 5.26 Å². The van der Waals surface area contributed by atoms with Gasteiger partial charge in [-0.15, -0.1) is 0 Å². The summed E-state index contributed by atoms with van der Waals surface area (Å²) >= 11 is 3.42. The van der Waals surface area contributed by atoms with E-state index in [9.17, 15) is 5.11 Å². The molecule has 2 aliphatic rings. The van der Waals surface area contributed by atoms with Crippen molar-refractivity contribution in [3.8, 4) is 6.07 Å². The van der Waals surface area contributed by atoms with E-state index in [1.54, 1.807) is 6.20 Å². The number of nitrogens with zero attached hydrogens (tertiary/aromatic N) is 3. The van der Waals surface area contributed by atoms with Gasteiger partial charge in [0.25, 0.3) is 0 Å². The van der Waals surface area contributed by atoms with Gasteiger partial charge in [-0.1, -0.05) is 0 Å². The lowest BCUT2D eigenvalue weighted by Crippen LogP contribution is -2.26. The first-order valence-corrected chi connectivity index (χ1v) is 7.91. The molecule has 1 aliphatic heterocycles. The fourth-order valence-electron chi connectivity index (χ4n) is 3.55. The fraction of sp³-hybridized carbons (Fsp3) is 0.600. The zero-order valence-electron chi connectivity index (χ0n) is 11.3. The molecule has 3 rings (SSSR count). The van der Waals surface area contributed by atoms with Crippen LogP contribution in [0.4, 0.5) is 5.82 Å². The zero-order chi connectivity index (χ0) is 14.1. The van der Waals surface area contributed by atoms with E-state index in [0.717, 1.165) is 48.2 Å². The third-order valence-electron chi connectivity index (χ3n) is 4.50. The van der Waals surface area contributed by atoms with Gasteiger partial charge < -0.3 is 10.0 Å². The molecule has 1 saturated carbocycles. The highest BCUT2D eigenvalue weighted by molar-refractivity contribution is 9.10. The van der Waals surface area contributed by atoms with Crippen molar-refractivity contribution in [2.45, 2.75) is 31.8 Å². The Balaban J connectivity index is 1.82. The summed E-state index contributed by atoms with van der Waals surface area (Å²) in [5, 5.41) is 18.8. The Labute approximate surface area is 127 Å². The number of hydrogen-bond acceptors (Lipinski definition) is 4. The van der Waals surface area contributed by atoms with Crippen LogP contribution in [0.25, 0.3) is 0 Å². The van der Waals surface area contributed by atoms with Gasteiger partial charge in [-0.3, -0.25) is 0 Å². The predicted octanol–water partition coefficient (Wildman–Crippen LogP) is 2.51. The van der Waals surface area contributed by atoms with Gasteiger partial charge in [0.05, 0.1) is 18.6 Å². The largest absolute Gasteiger partial charge is 0.393 e. The molecule has 2 fully saturated rings. The highest BCUT2D eigenvalue weighted by Gasteiger charge is 2.38. The maximum atomic E-state index is 9.80. The molecule has 106 valence electrons. The lowest BCUT2D eigenvalue weighted by molar-refractivity contribution is 0.0867. The number of hydrogen-bond donors (Lipinski definition) is 1. The molecule has 0 bridgehead atoms. The number of rotatable bonds is 2. The van der Waals surface area contributed by atoms with Crippen LogP contribution in [-0.4, -0.2) is 29.3 Å². The third-order valence-corrected chi connectivity index (χ3v) is 4.93. The molecule has 0 spiro atoms. The summed E-state index contributed by atoms with van der Waals surface area (Å²) in [4.78, 5) is 6.82. The lowest BCUT2D eigenvalue weighted by Gasteiger charge is -2.27. The van der Waals surface area contributed by atoms with E-state index in [-0.39, 0.29) is 6.10 Å². The highest BCUT2D eigenvalue weighted by Crippen LogP contribution is 2.38. The number of nitriles is 1. The van der Waals surface area contributed by atoms with E-state index < -0.39 is 0 Å². The summed E-state index contributed by atoms with van der Waals surface area (Å²) < 4.78 is 0.915. The molecule has 5 heteroatoms. The minimum absolute atomic E-state index is 0.132. The molecule has 1 aromatic heterocycles. The topological polar surface area (TPSA) is 60.2 Å². The Morgan fingerprint density at radius 2 is 2.20 bits per heavy atom. The summed E-state index contributed by atoms with van der Waals surface area (Å²) in [5.74, 6) is 2.18. The third kappa shape index (κ3) is 2.68. The molecule has 0 amide bonds. The standard InChI is InChI=1S/C15H18BrN3O/c16-13-5-10(3-4-17)15(18-7-13)19-8-11-1-2-14(20)6-12(11)9-19/h5,7,11-12,14,20H,1-3,6,8-9H2/t11-,12+,14-/m1/s1. The molecule has 4 nitrogen and oxygen atoms in total. The molecule has 0 aromatic carbocycles. The van der Waals surface area contributed by atoms with Crippen LogP contribution in [0.2, 0.25) is 0 Å². The average Bonchev–Trinajstić information content (AvgIpc) is 2.82. The van der Waals surface area contributed by atoms with Crippen molar-refractivity contribution in [3.63, 3.8) is 0 Å². The first-order chi connectivity index (χ1) is 9.67. The van der Waals surface area contributed by atoms with Crippen LogP contribution in [-0.2, 0) is 6.42 Å². The maximum Gasteiger partial charge on any atom is 0.132 e. The Bertz CT molecular complexity index is 542. The summed E-state index contributed by atoms with van der Waals surface area (Å²) in [6.45, 7) is 1.96. The summed E-state index contributed by atoms with van der Waals surface area (Å²) in [5.41, 5.74) is 0.987. The second kappa shape index (κ2) is 5.71. The Kier molecular flexibility index (Phi) is 3.95. The van der Waals surface area contributed by atoms with E-state index in [2.05, 4.69) is 31.9 Å². The molecule has 0 radical (unpaired) electrons. The number of halogens is 1. The van der Waals surface area contributed by atoms with E-state index in [4.69, 9.17) is 5.26 Å². The number of anilines is 1. The van der Waals surface area contributed by atoms with Gasteiger partial charge >= 0.3 is 0 Å². The van der Waals surface area contributed by atoms with E-state index in [1.165, 1.54) is 0 Å². The van der Waals surface area contributed by atoms with Gasteiger partial charge in [0.15, 0.2) is 0 Å². The van der Waals surface area contributed by atoms with Crippen LogP contribution in [0.5, 0.6) is 0 Å². The Morgan fingerprint density at radius 1 is 1.40 bits per heavy atom. The van der Waals surface area contributed by atoms with Crippen molar-refractivity contribution >= 4 is 21.7 Å². The molecular formula is C15H18BrN3O. The van der Waals surface area contributed by atoms with Crippen molar-refractivity contribution < 1.29 is 5.11 Å². The van der Waals surface area contributed by atoms with Crippen LogP contribution in [0.15, 0.2) is 16.7 Å². The molecule has 3 atom stereocenters. The Hall–Kier alpha value is -1.12. The smallest absolute Gasteiger partial charge is 0.132 e. The minimum atomic E-state index is -0.132. The van der Waals surface area contributed by atoms with Gasteiger partial charge in [0, 0.05) is 29.3 Å². The van der Waals surface area contributed by atoms with Crippen molar-refractivity contribution in [2.75, 3.05) is 18.0 Å². The normalized spacial score (nSPS) is 29.1. The minimum Gasteiger partial charge on any atom is -0.393 e. The Morgan fingerprint density at radius 3 is 3.00 bits per heavy atom. The number of pyridine rings is 1. The zero-order valence-corrected chi connectivity index (χ0v) is 12.9. The molecule has 1 N–H and O–H groups in total. The van der Waals surface area contributed by atoms with Crippen LogP contribution < -0.4 is 4.90 Å². The number of aromatic nitrogens is 1. The molecule has 1 saturated heterocycles. The van der Waals surface area contributed by atoms with Gasteiger partial charge in [-0.25, -0.2) is 4.98 Å². The number of aliphatic hydroxyl groups is 1. The molecule has 1 aliphatic carbocycles. The van der Waals surface area contributed by atoms with Crippen LogP contribution in [0.3, 0.4) is 0 Å². The highest BCUT2D eigenvalue weighted by atomic mass is 79.9. The molecule has 1 aromatic rings. The molecule has 20 heavy (non-hydrogen) atoms. The predicted molar refractivity (Wildman–Crippen MR) is 80.3 cm³/mol. The number of aliphatic hydroxyl groups excluding tert-OH is 1. The van der Waals surface area contributed by atoms with Gasteiger partial charge in [0.2, 0.25) is 0 Å². The summed E-state index contributed by atoms with van der Waals surface area (Å²) in [7, 11) is 0. The lowest BCUT2D eigenvalue weighted by atomic mass is 9.80. The number of fused-ring (bicyclic) bond motifs is 1. The van der Waals surface area contributed by atoms with E-state index in [1.807, 2.05) is 6.07 Å². The molecule has 2 heterocycles. The van der Waals surface area contributed by atoms with Gasteiger partial charge in [-0.05, 0) is 53.1 Å². The SMILES string of the molecule is N#CCc1cc(Br)cnc1N1C[C@H]2CC[C@@H](O)C[C@H]2C1. The summed E-state index contributed by atoms with van der Waals surface area (Å²) in [6.07, 6.45) is 4.99. The van der Waals surface area contributed by atoms with Gasteiger partial charge in [0.1, 0.15) is 5.82 Å². The molecule has 0 unspecified atom stereocenters. The second-order valence-corrected chi connectivity index (χ2v) is 6.78. The van der Waals surface area contributed by atoms with E-state index in [0.29, 0.717) is 18.3 Å². The average molecular weight is 336 g/mol.